The quantitative estimate of drug-likeness (QED) is 0.285. The van der Waals surface area contributed by atoms with Crippen molar-refractivity contribution in [2.24, 2.45) is 0 Å². The number of hydrogen-bond donors (Lipinski definition) is 4. The highest BCUT2D eigenvalue weighted by molar-refractivity contribution is 4.95. The van der Waals surface area contributed by atoms with E-state index in [1.165, 1.54) is 44.9 Å². The molecular formula is C23H46O6. The fourth-order valence-electron chi connectivity index (χ4n) is 4.12. The summed E-state index contributed by atoms with van der Waals surface area (Å²) < 4.78 is 11.9. The number of ether oxygens (including phenoxy) is 2. The lowest BCUT2D eigenvalue weighted by atomic mass is 9.93. The molecule has 0 radical (unpaired) electrons. The summed E-state index contributed by atoms with van der Waals surface area (Å²) in [7, 11) is 0. The molecule has 1 aliphatic heterocycles. The van der Waals surface area contributed by atoms with Crippen molar-refractivity contribution in [1.82, 2.24) is 0 Å². The van der Waals surface area contributed by atoms with Crippen LogP contribution < -0.4 is 0 Å². The number of rotatable bonds is 16. The molecule has 6 nitrogen and oxygen atoms in total. The van der Waals surface area contributed by atoms with E-state index >= 15 is 0 Å². The van der Waals surface area contributed by atoms with Crippen molar-refractivity contribution in [3.8, 4) is 0 Å². The Morgan fingerprint density at radius 1 is 0.793 bits per heavy atom. The normalized spacial score (nSPS) is 31.1. The van der Waals surface area contributed by atoms with E-state index in [2.05, 4.69) is 13.8 Å². The van der Waals surface area contributed by atoms with Crippen LogP contribution in [0.3, 0.4) is 0 Å². The van der Waals surface area contributed by atoms with Gasteiger partial charge in [-0.1, -0.05) is 84.5 Å². The van der Waals surface area contributed by atoms with E-state index < -0.39 is 36.8 Å². The second-order valence-corrected chi connectivity index (χ2v) is 8.78. The predicted octanol–water partition coefficient (Wildman–Crippen LogP) is 3.67. The average Bonchev–Trinajstić information content (AvgIpc) is 2.71. The molecule has 0 aromatic carbocycles. The molecule has 6 heteroatoms. The summed E-state index contributed by atoms with van der Waals surface area (Å²) in [6.45, 7) is 5.54. The molecule has 0 aromatic rings. The van der Waals surface area contributed by atoms with E-state index in [9.17, 15) is 20.4 Å². The average molecular weight is 419 g/mol. The molecule has 1 saturated heterocycles. The Hall–Kier alpha value is -0.240. The van der Waals surface area contributed by atoms with Crippen LogP contribution in [0, 0.1) is 0 Å². The third kappa shape index (κ3) is 9.19. The first-order valence-corrected chi connectivity index (χ1v) is 11.9. The summed E-state index contributed by atoms with van der Waals surface area (Å²) in [6.07, 6.45) is 9.85. The molecule has 0 aromatic heterocycles. The summed E-state index contributed by atoms with van der Waals surface area (Å²) in [5.74, 6) is -1.44. The number of aliphatic hydroxyl groups is 4. The first-order valence-electron chi connectivity index (χ1n) is 11.9. The zero-order valence-corrected chi connectivity index (χ0v) is 18.9. The van der Waals surface area contributed by atoms with E-state index in [1.54, 1.807) is 6.92 Å². The lowest BCUT2D eigenvalue weighted by Crippen LogP contribution is -2.65. The summed E-state index contributed by atoms with van der Waals surface area (Å²) >= 11 is 0. The molecular weight excluding hydrogens is 372 g/mol. The van der Waals surface area contributed by atoms with Crippen LogP contribution >= 0.6 is 0 Å². The van der Waals surface area contributed by atoms with E-state index in [0.29, 0.717) is 0 Å². The van der Waals surface area contributed by atoms with Gasteiger partial charge in [0.15, 0.2) is 5.79 Å². The summed E-state index contributed by atoms with van der Waals surface area (Å²) in [4.78, 5) is 0. The van der Waals surface area contributed by atoms with Gasteiger partial charge in [0.1, 0.15) is 24.4 Å². The molecule has 6 atom stereocenters. The van der Waals surface area contributed by atoms with Crippen molar-refractivity contribution in [2.75, 3.05) is 6.61 Å². The molecule has 174 valence electrons. The smallest absolute Gasteiger partial charge is 0.195 e. The minimum absolute atomic E-state index is 0.0805. The molecule has 0 aliphatic carbocycles. The number of hydrogen-bond acceptors (Lipinski definition) is 6. The standard InChI is InChI=1S/C23H46O6/c1-4-6-8-9-10-11-12-14-16-18(15-13-7-5-2)28-23(3)22(27)21(26)20(25)19(17-24)29-23/h18-22,24-27H,4-17H2,1-3H3/t18?,19-,20-,21+,22-,23?/m1/s1. The summed E-state index contributed by atoms with van der Waals surface area (Å²) in [6, 6.07) is 0. The zero-order chi connectivity index (χ0) is 21.7. The van der Waals surface area contributed by atoms with E-state index in [-0.39, 0.29) is 6.10 Å². The number of aliphatic hydroxyl groups excluding tert-OH is 4. The van der Waals surface area contributed by atoms with Crippen molar-refractivity contribution < 1.29 is 29.9 Å². The Bertz CT molecular complexity index is 405. The maximum Gasteiger partial charge on any atom is 0.195 e. The molecule has 0 amide bonds. The maximum absolute atomic E-state index is 10.5. The topological polar surface area (TPSA) is 99.4 Å². The van der Waals surface area contributed by atoms with Crippen molar-refractivity contribution in [3.63, 3.8) is 0 Å². The predicted molar refractivity (Wildman–Crippen MR) is 115 cm³/mol. The van der Waals surface area contributed by atoms with Gasteiger partial charge in [0.05, 0.1) is 12.7 Å². The minimum Gasteiger partial charge on any atom is -0.394 e. The molecule has 29 heavy (non-hydrogen) atoms. The highest BCUT2D eigenvalue weighted by atomic mass is 16.7. The van der Waals surface area contributed by atoms with Crippen LogP contribution in [0.2, 0.25) is 0 Å². The van der Waals surface area contributed by atoms with Crippen LogP contribution in [-0.4, -0.2) is 63.3 Å². The summed E-state index contributed by atoms with van der Waals surface area (Å²) in [5, 5.41) is 40.1. The molecule has 1 heterocycles. The molecule has 2 unspecified atom stereocenters. The van der Waals surface area contributed by atoms with E-state index in [1.807, 2.05) is 0 Å². The third-order valence-corrected chi connectivity index (χ3v) is 6.07. The monoisotopic (exact) mass is 418 g/mol. The Labute approximate surface area is 177 Å². The molecule has 4 N–H and O–H groups in total. The Morgan fingerprint density at radius 2 is 1.28 bits per heavy atom. The van der Waals surface area contributed by atoms with E-state index in [4.69, 9.17) is 9.47 Å². The van der Waals surface area contributed by atoms with Crippen molar-refractivity contribution >= 4 is 0 Å². The van der Waals surface area contributed by atoms with Gasteiger partial charge in [-0.15, -0.1) is 0 Å². The van der Waals surface area contributed by atoms with Gasteiger partial charge >= 0.3 is 0 Å². The molecule has 0 spiro atoms. The van der Waals surface area contributed by atoms with Gasteiger partial charge in [0.25, 0.3) is 0 Å². The van der Waals surface area contributed by atoms with Crippen LogP contribution in [0.15, 0.2) is 0 Å². The van der Waals surface area contributed by atoms with Crippen LogP contribution in [0.1, 0.15) is 104 Å². The second-order valence-electron chi connectivity index (χ2n) is 8.78. The van der Waals surface area contributed by atoms with Gasteiger partial charge in [0.2, 0.25) is 0 Å². The maximum atomic E-state index is 10.5. The zero-order valence-electron chi connectivity index (χ0n) is 18.9. The van der Waals surface area contributed by atoms with Crippen LogP contribution in [0.4, 0.5) is 0 Å². The lowest BCUT2D eigenvalue weighted by Gasteiger charge is -2.47. The Kier molecular flexibility index (Phi) is 13.6. The van der Waals surface area contributed by atoms with Crippen molar-refractivity contribution in [2.45, 2.75) is 141 Å². The highest BCUT2D eigenvalue weighted by Gasteiger charge is 2.52. The van der Waals surface area contributed by atoms with Gasteiger partial charge in [-0.2, -0.15) is 0 Å². The van der Waals surface area contributed by atoms with Gasteiger partial charge in [0, 0.05) is 0 Å². The SMILES string of the molecule is CCCCCCCCCCC(CCCCC)OC1(C)O[C@H](CO)[C@@H](O)[C@H](O)[C@H]1O. The highest BCUT2D eigenvalue weighted by Crippen LogP contribution is 2.33. The third-order valence-electron chi connectivity index (χ3n) is 6.07. The summed E-state index contributed by atoms with van der Waals surface area (Å²) in [5.41, 5.74) is 0. The molecule has 1 aliphatic rings. The molecule has 1 fully saturated rings. The largest absolute Gasteiger partial charge is 0.394 e. The fourth-order valence-corrected chi connectivity index (χ4v) is 4.12. The molecule has 1 rings (SSSR count). The Balaban J connectivity index is 2.55. The second kappa shape index (κ2) is 14.7. The van der Waals surface area contributed by atoms with Gasteiger partial charge < -0.3 is 29.9 Å². The fraction of sp³-hybridized carbons (Fsp3) is 1.00. The lowest BCUT2D eigenvalue weighted by molar-refractivity contribution is -0.367. The Morgan fingerprint density at radius 3 is 1.83 bits per heavy atom. The molecule has 0 bridgehead atoms. The van der Waals surface area contributed by atoms with Gasteiger partial charge in [-0.05, 0) is 19.8 Å². The van der Waals surface area contributed by atoms with Crippen molar-refractivity contribution in [3.05, 3.63) is 0 Å². The first-order chi connectivity index (χ1) is 13.9. The van der Waals surface area contributed by atoms with Gasteiger partial charge in [-0.25, -0.2) is 0 Å². The van der Waals surface area contributed by atoms with Crippen LogP contribution in [0.5, 0.6) is 0 Å². The van der Waals surface area contributed by atoms with E-state index in [0.717, 1.165) is 38.5 Å². The van der Waals surface area contributed by atoms with Crippen LogP contribution in [-0.2, 0) is 9.47 Å². The first kappa shape index (κ1) is 26.8. The van der Waals surface area contributed by atoms with Crippen LogP contribution in [0.25, 0.3) is 0 Å². The van der Waals surface area contributed by atoms with Crippen molar-refractivity contribution in [1.29, 1.82) is 0 Å². The van der Waals surface area contributed by atoms with Gasteiger partial charge in [-0.3, -0.25) is 0 Å². The molecule has 0 saturated carbocycles. The minimum atomic E-state index is -1.44. The number of unbranched alkanes of at least 4 members (excludes halogenated alkanes) is 9.